The lowest BCUT2D eigenvalue weighted by Crippen LogP contribution is -1.84. The fourth-order valence-electron chi connectivity index (χ4n) is 4.24. The van der Waals surface area contributed by atoms with E-state index in [0.29, 0.717) is 0 Å². The van der Waals surface area contributed by atoms with Crippen molar-refractivity contribution in [1.82, 2.24) is 0 Å². The van der Waals surface area contributed by atoms with Crippen LogP contribution in [0.25, 0.3) is 53.2 Å². The van der Waals surface area contributed by atoms with Gasteiger partial charge in [0, 0.05) is 15.5 Å². The molecule has 0 saturated heterocycles. The van der Waals surface area contributed by atoms with Gasteiger partial charge in [0.25, 0.3) is 0 Å². The minimum Gasteiger partial charge on any atom is -0.143 e. The van der Waals surface area contributed by atoms with Crippen molar-refractivity contribution < 1.29 is 0 Å². The fourth-order valence-corrected chi connectivity index (χ4v) is 5.17. The summed E-state index contributed by atoms with van der Waals surface area (Å²) in [6.45, 7) is 0. The number of thiophene rings is 1. The average molecular weight is 334 g/mol. The van der Waals surface area contributed by atoms with Gasteiger partial charge in [-0.2, -0.15) is 0 Å². The highest BCUT2D eigenvalue weighted by molar-refractivity contribution is 7.18. The molecule has 1 heteroatoms. The van der Waals surface area contributed by atoms with Crippen molar-refractivity contribution >= 4 is 64.5 Å². The molecule has 0 nitrogen and oxygen atoms in total. The Morgan fingerprint density at radius 2 is 1.00 bits per heavy atom. The largest absolute Gasteiger partial charge is 0.143 e. The first-order valence-corrected chi connectivity index (χ1v) is 9.42. The zero-order chi connectivity index (χ0) is 16.4. The van der Waals surface area contributed by atoms with E-state index in [2.05, 4.69) is 84.2 Å². The van der Waals surface area contributed by atoms with E-state index in [4.69, 9.17) is 0 Å². The Kier molecular flexibility index (Phi) is 2.58. The van der Waals surface area contributed by atoms with Gasteiger partial charge < -0.3 is 0 Å². The smallest absolute Gasteiger partial charge is 0.0428 e. The molecular weight excluding hydrogens is 320 g/mol. The maximum atomic E-state index is 2.31. The average Bonchev–Trinajstić information content (AvgIpc) is 3.17. The topological polar surface area (TPSA) is 0 Å². The molecule has 6 rings (SSSR count). The van der Waals surface area contributed by atoms with E-state index in [9.17, 15) is 0 Å². The van der Waals surface area contributed by atoms with Crippen LogP contribution in [-0.2, 0) is 0 Å². The lowest BCUT2D eigenvalue weighted by molar-refractivity contribution is 1.80. The van der Waals surface area contributed by atoms with Gasteiger partial charge in [0.1, 0.15) is 0 Å². The third kappa shape index (κ3) is 1.71. The third-order valence-electron chi connectivity index (χ3n) is 5.31. The minimum atomic E-state index is 1.31. The van der Waals surface area contributed by atoms with E-state index in [1.165, 1.54) is 53.2 Å². The molecule has 0 N–H and O–H groups in total. The van der Waals surface area contributed by atoms with Crippen LogP contribution in [0.1, 0.15) is 0 Å². The molecule has 0 aliphatic rings. The van der Waals surface area contributed by atoms with Gasteiger partial charge in [-0.05, 0) is 49.1 Å². The summed E-state index contributed by atoms with van der Waals surface area (Å²) in [6, 6.07) is 28.9. The van der Waals surface area contributed by atoms with Gasteiger partial charge in [-0.25, -0.2) is 0 Å². The normalized spacial score (nSPS) is 12.0. The lowest BCUT2D eigenvalue weighted by atomic mass is 9.92. The highest BCUT2D eigenvalue weighted by Gasteiger charge is 2.13. The molecule has 5 aromatic carbocycles. The molecule has 0 amide bonds. The molecule has 6 aromatic rings. The van der Waals surface area contributed by atoms with Crippen molar-refractivity contribution in [3.8, 4) is 0 Å². The van der Waals surface area contributed by atoms with Gasteiger partial charge in [0.2, 0.25) is 0 Å². The summed E-state index contributed by atoms with van der Waals surface area (Å²) in [7, 11) is 0. The van der Waals surface area contributed by atoms with E-state index in [-0.39, 0.29) is 0 Å². The minimum absolute atomic E-state index is 1.31. The first-order chi connectivity index (χ1) is 12.4. The summed E-state index contributed by atoms with van der Waals surface area (Å²) in [6.07, 6.45) is 0. The van der Waals surface area contributed by atoms with Crippen LogP contribution >= 0.6 is 11.3 Å². The summed E-state index contributed by atoms with van der Waals surface area (Å²) >= 11 is 1.85. The Morgan fingerprint density at radius 3 is 1.68 bits per heavy atom. The molecule has 0 aliphatic carbocycles. The third-order valence-corrected chi connectivity index (χ3v) is 6.25. The first kappa shape index (κ1) is 13.4. The number of rotatable bonds is 0. The fraction of sp³-hybridized carbons (Fsp3) is 0. The Morgan fingerprint density at radius 1 is 0.440 bits per heavy atom. The lowest BCUT2D eigenvalue weighted by Gasteiger charge is -2.12. The Balaban J connectivity index is 2.06. The summed E-state index contributed by atoms with van der Waals surface area (Å²) < 4.78 is 1.39. The van der Waals surface area contributed by atoms with Gasteiger partial charge in [0.15, 0.2) is 0 Å². The van der Waals surface area contributed by atoms with E-state index < -0.39 is 0 Å². The van der Waals surface area contributed by atoms with Crippen LogP contribution in [0.3, 0.4) is 0 Å². The van der Waals surface area contributed by atoms with Gasteiger partial charge in [-0.3, -0.25) is 0 Å². The monoisotopic (exact) mass is 334 g/mol. The van der Waals surface area contributed by atoms with Gasteiger partial charge in [-0.1, -0.05) is 72.8 Å². The van der Waals surface area contributed by atoms with Gasteiger partial charge in [-0.15, -0.1) is 11.3 Å². The zero-order valence-corrected chi connectivity index (χ0v) is 14.3. The Bertz CT molecular complexity index is 1440. The van der Waals surface area contributed by atoms with E-state index in [1.54, 1.807) is 0 Å². The van der Waals surface area contributed by atoms with Crippen molar-refractivity contribution in [2.45, 2.75) is 0 Å². The zero-order valence-electron chi connectivity index (χ0n) is 13.5. The number of hydrogen-bond donors (Lipinski definition) is 0. The van der Waals surface area contributed by atoms with Crippen LogP contribution in [0, 0.1) is 0 Å². The summed E-state index contributed by atoms with van der Waals surface area (Å²) in [4.78, 5) is 0. The molecule has 0 saturated carbocycles. The SMILES string of the molecule is c1ccc2c(c1)ccc1c2c2ccsc2c2ccc3ccccc3c21. The molecule has 0 unspecified atom stereocenters. The van der Waals surface area contributed by atoms with Gasteiger partial charge >= 0.3 is 0 Å². The molecule has 0 bridgehead atoms. The molecule has 0 fully saturated rings. The molecule has 116 valence electrons. The van der Waals surface area contributed by atoms with Crippen molar-refractivity contribution in [3.05, 3.63) is 84.2 Å². The van der Waals surface area contributed by atoms with E-state index >= 15 is 0 Å². The van der Waals surface area contributed by atoms with Crippen LogP contribution in [0.4, 0.5) is 0 Å². The molecule has 1 heterocycles. The summed E-state index contributed by atoms with van der Waals surface area (Å²) in [5.74, 6) is 0. The maximum Gasteiger partial charge on any atom is 0.0428 e. The van der Waals surface area contributed by atoms with Crippen molar-refractivity contribution in [1.29, 1.82) is 0 Å². The highest BCUT2D eigenvalue weighted by atomic mass is 32.1. The molecular formula is C24H14S. The predicted octanol–water partition coefficient (Wildman–Crippen LogP) is 7.51. The maximum absolute atomic E-state index is 2.31. The second-order valence-electron chi connectivity index (χ2n) is 6.58. The Labute approximate surface area is 148 Å². The summed E-state index contributed by atoms with van der Waals surface area (Å²) in [5.41, 5.74) is 0. The second-order valence-corrected chi connectivity index (χ2v) is 7.50. The van der Waals surface area contributed by atoms with Crippen LogP contribution in [0.2, 0.25) is 0 Å². The Hall–Kier alpha value is -2.90. The number of benzene rings is 5. The quantitative estimate of drug-likeness (QED) is 0.252. The molecule has 0 atom stereocenters. The molecule has 0 aliphatic heterocycles. The number of fused-ring (bicyclic) bond motifs is 10. The van der Waals surface area contributed by atoms with Crippen molar-refractivity contribution in [2.75, 3.05) is 0 Å². The van der Waals surface area contributed by atoms with Crippen LogP contribution in [0.15, 0.2) is 84.2 Å². The van der Waals surface area contributed by atoms with Crippen LogP contribution < -0.4 is 0 Å². The highest BCUT2D eigenvalue weighted by Crippen LogP contribution is 2.43. The molecule has 0 radical (unpaired) electrons. The number of hydrogen-bond acceptors (Lipinski definition) is 1. The molecule has 25 heavy (non-hydrogen) atoms. The van der Waals surface area contributed by atoms with Crippen LogP contribution in [-0.4, -0.2) is 0 Å². The first-order valence-electron chi connectivity index (χ1n) is 8.54. The molecule has 1 aromatic heterocycles. The second kappa shape index (κ2) is 4.81. The van der Waals surface area contributed by atoms with Crippen molar-refractivity contribution in [2.24, 2.45) is 0 Å². The summed E-state index contributed by atoms with van der Waals surface area (Å²) in [5, 5.41) is 14.4. The van der Waals surface area contributed by atoms with Crippen LogP contribution in [0.5, 0.6) is 0 Å². The van der Waals surface area contributed by atoms with E-state index in [1.807, 2.05) is 11.3 Å². The standard InChI is InChI=1S/C24H14S/c1-4-8-18-15(5-1)9-11-19-22-17-7-3-2-6-16(17)10-12-20(22)24-21(23(18)19)13-14-25-24/h1-14H. The van der Waals surface area contributed by atoms with Crippen molar-refractivity contribution in [3.63, 3.8) is 0 Å². The van der Waals surface area contributed by atoms with Gasteiger partial charge in [0.05, 0.1) is 0 Å². The predicted molar refractivity (Wildman–Crippen MR) is 112 cm³/mol. The molecule has 0 spiro atoms. The van der Waals surface area contributed by atoms with E-state index in [0.717, 1.165) is 0 Å².